The second-order valence-corrected chi connectivity index (χ2v) is 7.18. The van der Waals surface area contributed by atoms with Crippen LogP contribution in [-0.4, -0.2) is 25.2 Å². The van der Waals surface area contributed by atoms with E-state index < -0.39 is 0 Å². The number of hydrogen-bond acceptors (Lipinski definition) is 4. The zero-order valence-corrected chi connectivity index (χ0v) is 17.4. The second-order valence-electron chi connectivity index (χ2n) is 7.18. The number of carbonyl (C=O) groups is 2. The van der Waals surface area contributed by atoms with E-state index in [1.165, 1.54) is 44.9 Å². The minimum atomic E-state index is -0.108. The monoisotopic (exact) mass is 370 g/mol. The maximum atomic E-state index is 11.6. The van der Waals surface area contributed by atoms with Crippen molar-refractivity contribution in [2.75, 3.05) is 13.2 Å². The fourth-order valence-electron chi connectivity index (χ4n) is 2.82. The van der Waals surface area contributed by atoms with Crippen LogP contribution in [0, 0.1) is 0 Å². The fourth-order valence-corrected chi connectivity index (χ4v) is 2.82. The third kappa shape index (κ3) is 19.3. The zero-order chi connectivity index (χ0) is 19.3. The molecule has 0 saturated carbocycles. The van der Waals surface area contributed by atoms with Crippen molar-refractivity contribution in [2.45, 2.75) is 117 Å². The molecule has 0 unspecified atom stereocenters. The van der Waals surface area contributed by atoms with Crippen LogP contribution in [-0.2, 0) is 19.1 Å². The largest absolute Gasteiger partial charge is 0.466 e. The molecule has 0 aromatic rings. The van der Waals surface area contributed by atoms with Gasteiger partial charge in [0.1, 0.15) is 0 Å². The molecule has 0 radical (unpaired) electrons. The molecular formula is C22H42O4. The van der Waals surface area contributed by atoms with Gasteiger partial charge in [0.25, 0.3) is 0 Å². The molecule has 0 aromatic carbocycles. The van der Waals surface area contributed by atoms with E-state index in [1.807, 2.05) is 0 Å². The van der Waals surface area contributed by atoms with Crippen LogP contribution in [0.1, 0.15) is 117 Å². The molecule has 0 saturated heterocycles. The van der Waals surface area contributed by atoms with Crippen molar-refractivity contribution >= 4 is 11.9 Å². The third-order valence-electron chi connectivity index (χ3n) is 4.53. The molecule has 0 aliphatic carbocycles. The Morgan fingerprint density at radius 3 is 1.31 bits per heavy atom. The third-order valence-corrected chi connectivity index (χ3v) is 4.53. The number of ether oxygens (including phenoxy) is 2. The first-order valence-corrected chi connectivity index (χ1v) is 11.0. The summed E-state index contributed by atoms with van der Waals surface area (Å²) in [5, 5.41) is 0. The van der Waals surface area contributed by atoms with Gasteiger partial charge in [0.2, 0.25) is 0 Å². The van der Waals surface area contributed by atoms with Crippen LogP contribution in [0.25, 0.3) is 0 Å². The summed E-state index contributed by atoms with van der Waals surface area (Å²) in [5.74, 6) is -0.211. The van der Waals surface area contributed by atoms with Gasteiger partial charge in [-0.1, -0.05) is 78.1 Å². The highest BCUT2D eigenvalue weighted by Gasteiger charge is 2.05. The zero-order valence-electron chi connectivity index (χ0n) is 17.4. The first-order chi connectivity index (χ1) is 12.7. The molecule has 154 valence electrons. The standard InChI is InChI=1S/C22H42O4/c1-3-5-7-9-10-11-16-20-26-22(24)18-14-12-13-17-21(23)25-19-15-8-6-4-2/h3-20H2,1-2H3. The van der Waals surface area contributed by atoms with E-state index >= 15 is 0 Å². The molecule has 0 amide bonds. The number of esters is 2. The van der Waals surface area contributed by atoms with Crippen molar-refractivity contribution in [3.8, 4) is 0 Å². The van der Waals surface area contributed by atoms with E-state index in [0.717, 1.165) is 44.9 Å². The van der Waals surface area contributed by atoms with Gasteiger partial charge in [-0.05, 0) is 25.7 Å². The Bertz CT molecular complexity index is 328. The summed E-state index contributed by atoms with van der Waals surface area (Å²) in [6.07, 6.45) is 16.4. The molecule has 26 heavy (non-hydrogen) atoms. The predicted octanol–water partition coefficient (Wildman–Crippen LogP) is 6.35. The molecule has 4 nitrogen and oxygen atoms in total. The summed E-state index contributed by atoms with van der Waals surface area (Å²) in [6, 6.07) is 0. The molecule has 0 N–H and O–H groups in total. The Kier molecular flexibility index (Phi) is 19.4. The van der Waals surface area contributed by atoms with E-state index in [1.54, 1.807) is 0 Å². The van der Waals surface area contributed by atoms with Gasteiger partial charge >= 0.3 is 11.9 Å². The summed E-state index contributed by atoms with van der Waals surface area (Å²) in [6.45, 7) is 5.48. The molecule has 0 rings (SSSR count). The van der Waals surface area contributed by atoms with Gasteiger partial charge in [0, 0.05) is 12.8 Å². The average molecular weight is 371 g/mol. The van der Waals surface area contributed by atoms with Gasteiger partial charge in [0.15, 0.2) is 0 Å². The molecule has 0 fully saturated rings. The summed E-state index contributed by atoms with van der Waals surface area (Å²) in [4.78, 5) is 23.2. The Hall–Kier alpha value is -1.06. The van der Waals surface area contributed by atoms with Gasteiger partial charge in [-0.3, -0.25) is 9.59 Å². The first-order valence-electron chi connectivity index (χ1n) is 11.0. The first kappa shape index (κ1) is 24.9. The van der Waals surface area contributed by atoms with E-state index in [9.17, 15) is 9.59 Å². The van der Waals surface area contributed by atoms with E-state index in [4.69, 9.17) is 9.47 Å². The van der Waals surface area contributed by atoms with Gasteiger partial charge in [-0.2, -0.15) is 0 Å². The normalized spacial score (nSPS) is 10.7. The van der Waals surface area contributed by atoms with Crippen molar-refractivity contribution in [3.63, 3.8) is 0 Å². The lowest BCUT2D eigenvalue weighted by Crippen LogP contribution is -2.07. The Balaban J connectivity index is 3.29. The highest BCUT2D eigenvalue weighted by Crippen LogP contribution is 2.08. The van der Waals surface area contributed by atoms with E-state index in [2.05, 4.69) is 13.8 Å². The van der Waals surface area contributed by atoms with Gasteiger partial charge in [-0.25, -0.2) is 0 Å². The van der Waals surface area contributed by atoms with Gasteiger partial charge in [-0.15, -0.1) is 0 Å². The smallest absolute Gasteiger partial charge is 0.305 e. The van der Waals surface area contributed by atoms with Crippen LogP contribution >= 0.6 is 0 Å². The topological polar surface area (TPSA) is 52.6 Å². The minimum absolute atomic E-state index is 0.102. The van der Waals surface area contributed by atoms with Crippen LogP contribution in [0.2, 0.25) is 0 Å². The maximum Gasteiger partial charge on any atom is 0.305 e. The van der Waals surface area contributed by atoms with E-state index in [-0.39, 0.29) is 11.9 Å². The van der Waals surface area contributed by atoms with Crippen LogP contribution < -0.4 is 0 Å². The van der Waals surface area contributed by atoms with Crippen molar-refractivity contribution in [3.05, 3.63) is 0 Å². The Morgan fingerprint density at radius 2 is 0.846 bits per heavy atom. The van der Waals surface area contributed by atoms with Crippen LogP contribution in [0.5, 0.6) is 0 Å². The number of unbranched alkanes of at least 4 members (excludes halogenated alkanes) is 11. The molecule has 0 spiro atoms. The average Bonchev–Trinajstić information content (AvgIpc) is 2.63. The molecule has 0 aliphatic heterocycles. The van der Waals surface area contributed by atoms with Crippen LogP contribution in [0.15, 0.2) is 0 Å². The van der Waals surface area contributed by atoms with Crippen LogP contribution in [0.4, 0.5) is 0 Å². The van der Waals surface area contributed by atoms with E-state index in [0.29, 0.717) is 26.1 Å². The second kappa shape index (κ2) is 20.3. The molecule has 0 aromatic heterocycles. The van der Waals surface area contributed by atoms with Crippen molar-refractivity contribution in [1.29, 1.82) is 0 Å². The van der Waals surface area contributed by atoms with Crippen molar-refractivity contribution < 1.29 is 19.1 Å². The molecule has 4 heteroatoms. The summed E-state index contributed by atoms with van der Waals surface area (Å²) >= 11 is 0. The van der Waals surface area contributed by atoms with Crippen molar-refractivity contribution in [2.24, 2.45) is 0 Å². The summed E-state index contributed by atoms with van der Waals surface area (Å²) in [7, 11) is 0. The lowest BCUT2D eigenvalue weighted by molar-refractivity contribution is -0.144. The fraction of sp³-hybridized carbons (Fsp3) is 0.909. The van der Waals surface area contributed by atoms with Gasteiger partial charge in [0.05, 0.1) is 13.2 Å². The number of rotatable bonds is 19. The highest BCUT2D eigenvalue weighted by molar-refractivity contribution is 5.69. The predicted molar refractivity (Wildman–Crippen MR) is 107 cm³/mol. The van der Waals surface area contributed by atoms with Gasteiger partial charge < -0.3 is 9.47 Å². The van der Waals surface area contributed by atoms with Crippen LogP contribution in [0.3, 0.4) is 0 Å². The van der Waals surface area contributed by atoms with Crippen molar-refractivity contribution in [1.82, 2.24) is 0 Å². The highest BCUT2D eigenvalue weighted by atomic mass is 16.5. The number of carbonyl (C=O) groups excluding carboxylic acids is 2. The Morgan fingerprint density at radius 1 is 0.500 bits per heavy atom. The molecule has 0 aliphatic rings. The molecule has 0 bridgehead atoms. The maximum absolute atomic E-state index is 11.6. The SMILES string of the molecule is CCCCCCCCCOC(=O)CCCCCC(=O)OCCCCCC. The molecular weight excluding hydrogens is 328 g/mol. The quantitative estimate of drug-likeness (QED) is 0.196. The minimum Gasteiger partial charge on any atom is -0.466 e. The molecule has 0 heterocycles. The molecule has 0 atom stereocenters. The summed E-state index contributed by atoms with van der Waals surface area (Å²) < 4.78 is 10.4. The Labute approximate surface area is 161 Å². The number of hydrogen-bond donors (Lipinski definition) is 0. The lowest BCUT2D eigenvalue weighted by atomic mass is 10.1. The lowest BCUT2D eigenvalue weighted by Gasteiger charge is -2.06. The summed E-state index contributed by atoms with van der Waals surface area (Å²) in [5.41, 5.74) is 0.